The van der Waals surface area contributed by atoms with Crippen molar-refractivity contribution in [3.8, 4) is 11.4 Å². The van der Waals surface area contributed by atoms with E-state index in [4.69, 9.17) is 4.42 Å². The van der Waals surface area contributed by atoms with Gasteiger partial charge in [-0.3, -0.25) is 19.7 Å². The van der Waals surface area contributed by atoms with E-state index in [0.29, 0.717) is 24.1 Å². The summed E-state index contributed by atoms with van der Waals surface area (Å²) < 4.78 is 7.31. The fourth-order valence-corrected chi connectivity index (χ4v) is 3.26. The Bertz CT molecular complexity index is 926. The van der Waals surface area contributed by atoms with Crippen LogP contribution in [-0.2, 0) is 11.3 Å². The number of amides is 3. The van der Waals surface area contributed by atoms with Crippen LogP contribution in [0.25, 0.3) is 11.4 Å². The van der Waals surface area contributed by atoms with E-state index in [9.17, 15) is 9.59 Å². The molecule has 1 unspecified atom stereocenters. The summed E-state index contributed by atoms with van der Waals surface area (Å²) in [6.45, 7) is 4.32. The lowest BCUT2D eigenvalue weighted by Crippen LogP contribution is -2.42. The van der Waals surface area contributed by atoms with E-state index in [1.807, 2.05) is 22.8 Å². The molecule has 3 rings (SSSR count). The highest BCUT2D eigenvalue weighted by Gasteiger charge is 2.22. The third-order valence-corrected chi connectivity index (χ3v) is 4.84. The third kappa shape index (κ3) is 4.77. The number of carbonyl (C=O) groups excluding carboxylic acids is 2. The van der Waals surface area contributed by atoms with E-state index >= 15 is 0 Å². The lowest BCUT2D eigenvalue weighted by atomic mass is 10.2. The lowest BCUT2D eigenvalue weighted by Gasteiger charge is -2.13. The third-order valence-electron chi connectivity index (χ3n) is 3.76. The van der Waals surface area contributed by atoms with Crippen molar-refractivity contribution in [2.24, 2.45) is 0 Å². The van der Waals surface area contributed by atoms with Crippen LogP contribution >= 0.6 is 11.8 Å². The van der Waals surface area contributed by atoms with Gasteiger partial charge in [0, 0.05) is 24.5 Å². The fraction of sp³-hybridized carbons (Fsp3) is 0.278. The van der Waals surface area contributed by atoms with Crippen molar-refractivity contribution < 1.29 is 14.0 Å². The zero-order chi connectivity index (χ0) is 19.9. The number of hydrogen-bond donors (Lipinski definition) is 2. The maximum absolute atomic E-state index is 12.3. The van der Waals surface area contributed by atoms with Gasteiger partial charge in [0.2, 0.25) is 5.91 Å². The molecule has 0 saturated heterocycles. The maximum Gasteiger partial charge on any atom is 0.321 e. The van der Waals surface area contributed by atoms with Gasteiger partial charge in [0.25, 0.3) is 0 Å². The van der Waals surface area contributed by atoms with Gasteiger partial charge < -0.3 is 9.73 Å². The van der Waals surface area contributed by atoms with Crippen LogP contribution in [0.5, 0.6) is 0 Å². The van der Waals surface area contributed by atoms with Crippen LogP contribution in [0.3, 0.4) is 0 Å². The predicted octanol–water partition coefficient (Wildman–Crippen LogP) is 2.31. The quantitative estimate of drug-likeness (QED) is 0.585. The highest BCUT2D eigenvalue weighted by atomic mass is 32.2. The molecule has 3 aromatic heterocycles. The van der Waals surface area contributed by atoms with Gasteiger partial charge >= 0.3 is 6.03 Å². The first-order valence-corrected chi connectivity index (χ1v) is 9.57. The van der Waals surface area contributed by atoms with Gasteiger partial charge in [-0.15, -0.1) is 10.2 Å². The minimum Gasteiger partial charge on any atom is -0.467 e. The first-order valence-electron chi connectivity index (χ1n) is 8.69. The standard InChI is InChI=1S/C18H20N6O3S/c1-3-20-17(26)21-16(25)12(2)28-18-23-22-15(13-6-4-8-19-10-13)24(18)11-14-7-5-9-27-14/h4-10,12H,3,11H2,1-2H3,(H2,20,21,25,26). The highest BCUT2D eigenvalue weighted by Crippen LogP contribution is 2.27. The summed E-state index contributed by atoms with van der Waals surface area (Å²) in [5.74, 6) is 0.931. The Morgan fingerprint density at radius 2 is 2.14 bits per heavy atom. The molecule has 0 aliphatic carbocycles. The van der Waals surface area contributed by atoms with Crippen molar-refractivity contribution in [2.75, 3.05) is 6.54 Å². The number of urea groups is 1. The Balaban J connectivity index is 1.83. The van der Waals surface area contributed by atoms with Crippen LogP contribution in [0.15, 0.2) is 52.5 Å². The summed E-state index contributed by atoms with van der Waals surface area (Å²) in [5, 5.41) is 13.3. The number of nitrogens with one attached hydrogen (secondary N) is 2. The molecule has 3 aromatic rings. The number of nitrogens with zero attached hydrogens (tertiary/aromatic N) is 4. The molecule has 1 atom stereocenters. The molecule has 9 nitrogen and oxygen atoms in total. The lowest BCUT2D eigenvalue weighted by molar-refractivity contribution is -0.119. The van der Waals surface area contributed by atoms with E-state index in [1.165, 1.54) is 11.8 Å². The Kier molecular flexibility index (Phi) is 6.43. The number of hydrogen-bond acceptors (Lipinski definition) is 7. The van der Waals surface area contributed by atoms with E-state index in [0.717, 1.165) is 11.3 Å². The summed E-state index contributed by atoms with van der Waals surface area (Å²) in [6, 6.07) is 6.84. The topological polar surface area (TPSA) is 115 Å². The zero-order valence-electron chi connectivity index (χ0n) is 15.5. The number of imide groups is 1. The highest BCUT2D eigenvalue weighted by molar-refractivity contribution is 8.00. The van der Waals surface area contributed by atoms with E-state index in [2.05, 4.69) is 25.8 Å². The molecule has 0 aliphatic heterocycles. The molecule has 10 heteroatoms. The minimum absolute atomic E-state index is 0.400. The average molecular weight is 400 g/mol. The van der Waals surface area contributed by atoms with E-state index in [1.54, 1.807) is 38.6 Å². The Labute approximate surface area is 165 Å². The van der Waals surface area contributed by atoms with Crippen molar-refractivity contribution in [1.82, 2.24) is 30.4 Å². The summed E-state index contributed by atoms with van der Waals surface area (Å²) in [6.07, 6.45) is 4.97. The second-order valence-corrected chi connectivity index (χ2v) is 7.13. The largest absolute Gasteiger partial charge is 0.467 e. The van der Waals surface area contributed by atoms with Gasteiger partial charge in [-0.25, -0.2) is 4.79 Å². The van der Waals surface area contributed by atoms with Crippen molar-refractivity contribution in [3.05, 3.63) is 48.7 Å². The molecule has 0 radical (unpaired) electrons. The number of pyridine rings is 1. The van der Waals surface area contributed by atoms with E-state index in [-0.39, 0.29) is 0 Å². The Morgan fingerprint density at radius 3 is 2.82 bits per heavy atom. The number of rotatable bonds is 7. The normalized spacial score (nSPS) is 11.8. The van der Waals surface area contributed by atoms with Crippen molar-refractivity contribution in [1.29, 1.82) is 0 Å². The first-order chi connectivity index (χ1) is 13.6. The summed E-state index contributed by atoms with van der Waals surface area (Å²) in [4.78, 5) is 28.0. The van der Waals surface area contributed by atoms with Crippen LogP contribution in [0.1, 0.15) is 19.6 Å². The van der Waals surface area contributed by atoms with Gasteiger partial charge in [0.1, 0.15) is 5.76 Å². The number of aromatic nitrogens is 4. The van der Waals surface area contributed by atoms with Crippen LogP contribution in [0.4, 0.5) is 4.79 Å². The number of furan rings is 1. The smallest absolute Gasteiger partial charge is 0.321 e. The number of carbonyl (C=O) groups is 2. The summed E-state index contributed by atoms with van der Waals surface area (Å²) in [7, 11) is 0. The molecule has 146 valence electrons. The van der Waals surface area contributed by atoms with E-state index < -0.39 is 17.2 Å². The SMILES string of the molecule is CCNC(=O)NC(=O)C(C)Sc1nnc(-c2cccnc2)n1Cc1ccco1. The molecule has 2 N–H and O–H groups in total. The van der Waals surface area contributed by atoms with Gasteiger partial charge in [0.15, 0.2) is 11.0 Å². The van der Waals surface area contributed by atoms with Gasteiger partial charge in [-0.1, -0.05) is 11.8 Å². The molecule has 0 spiro atoms. The molecule has 28 heavy (non-hydrogen) atoms. The van der Waals surface area contributed by atoms with Crippen LogP contribution in [0, 0.1) is 0 Å². The zero-order valence-corrected chi connectivity index (χ0v) is 16.3. The molecule has 0 aliphatic rings. The minimum atomic E-state index is -0.552. The maximum atomic E-state index is 12.3. The van der Waals surface area contributed by atoms with Crippen molar-refractivity contribution in [2.45, 2.75) is 30.8 Å². The van der Waals surface area contributed by atoms with Crippen molar-refractivity contribution >= 4 is 23.7 Å². The average Bonchev–Trinajstić information content (AvgIpc) is 3.33. The summed E-state index contributed by atoms with van der Waals surface area (Å²) >= 11 is 1.21. The molecular weight excluding hydrogens is 380 g/mol. The van der Waals surface area contributed by atoms with Crippen molar-refractivity contribution in [3.63, 3.8) is 0 Å². The van der Waals surface area contributed by atoms with Crippen LogP contribution in [-0.4, -0.2) is 43.5 Å². The van der Waals surface area contributed by atoms with Gasteiger partial charge in [-0.2, -0.15) is 0 Å². The second kappa shape index (κ2) is 9.18. The van der Waals surface area contributed by atoms with Crippen LogP contribution < -0.4 is 10.6 Å². The predicted molar refractivity (Wildman–Crippen MR) is 104 cm³/mol. The molecule has 0 fully saturated rings. The first kappa shape index (κ1) is 19.6. The van der Waals surface area contributed by atoms with Gasteiger partial charge in [-0.05, 0) is 38.1 Å². The molecule has 3 heterocycles. The number of thioether (sulfide) groups is 1. The fourth-order valence-electron chi connectivity index (χ4n) is 2.42. The molecule has 0 saturated carbocycles. The molecule has 3 amide bonds. The summed E-state index contributed by atoms with van der Waals surface area (Å²) in [5.41, 5.74) is 0.799. The van der Waals surface area contributed by atoms with Crippen LogP contribution in [0.2, 0.25) is 0 Å². The monoisotopic (exact) mass is 400 g/mol. The molecular formula is C18H20N6O3S. The Morgan fingerprint density at radius 1 is 1.29 bits per heavy atom. The second-order valence-electron chi connectivity index (χ2n) is 5.82. The van der Waals surface area contributed by atoms with Gasteiger partial charge in [0.05, 0.1) is 18.1 Å². The molecule has 0 bridgehead atoms. The molecule has 0 aromatic carbocycles. The Hall–Kier alpha value is -3.14.